The fourth-order valence-electron chi connectivity index (χ4n) is 1.70. The third kappa shape index (κ3) is 5.24. The first-order valence-electron chi connectivity index (χ1n) is 5.18. The summed E-state index contributed by atoms with van der Waals surface area (Å²) in [5.41, 5.74) is 0. The van der Waals surface area contributed by atoms with Gasteiger partial charge in [-0.15, -0.1) is 0 Å². The third-order valence-corrected chi connectivity index (χ3v) is 2.34. The lowest BCUT2D eigenvalue weighted by Gasteiger charge is -2.30. The molecule has 0 heterocycles. The highest BCUT2D eigenvalue weighted by Gasteiger charge is 2.15. The van der Waals surface area contributed by atoms with Crippen molar-refractivity contribution in [3.8, 4) is 0 Å². The Bertz CT molecular complexity index is 113. The van der Waals surface area contributed by atoms with Gasteiger partial charge in [-0.1, -0.05) is 13.8 Å². The molecule has 0 aromatic heterocycles. The molecule has 13 heavy (non-hydrogen) atoms. The molecule has 0 aromatic rings. The Morgan fingerprint density at radius 2 is 1.77 bits per heavy atom. The summed E-state index contributed by atoms with van der Waals surface area (Å²) in [6.45, 7) is 7.56. The van der Waals surface area contributed by atoms with Crippen molar-refractivity contribution in [2.75, 3.05) is 19.7 Å². The lowest BCUT2D eigenvalue weighted by molar-refractivity contribution is 0.0790. The van der Waals surface area contributed by atoms with Crippen molar-refractivity contribution >= 4 is 0 Å². The number of hydrogen-bond acceptors (Lipinski definition) is 3. The largest absolute Gasteiger partial charge is 0.395 e. The van der Waals surface area contributed by atoms with Crippen LogP contribution < -0.4 is 0 Å². The lowest BCUT2D eigenvalue weighted by atomic mass is 10.1. The van der Waals surface area contributed by atoms with Gasteiger partial charge in [-0.05, 0) is 19.8 Å². The van der Waals surface area contributed by atoms with Crippen molar-refractivity contribution in [2.24, 2.45) is 0 Å². The molecule has 0 rings (SSSR count). The molecule has 80 valence electrons. The van der Waals surface area contributed by atoms with Gasteiger partial charge in [0.15, 0.2) is 0 Å². The Morgan fingerprint density at radius 3 is 2.08 bits per heavy atom. The van der Waals surface area contributed by atoms with Crippen molar-refractivity contribution in [3.05, 3.63) is 0 Å². The van der Waals surface area contributed by atoms with Crippen LogP contribution in [-0.4, -0.2) is 47.0 Å². The summed E-state index contributed by atoms with van der Waals surface area (Å²) < 4.78 is 0. The molecule has 0 amide bonds. The fourth-order valence-corrected chi connectivity index (χ4v) is 1.70. The van der Waals surface area contributed by atoms with E-state index in [9.17, 15) is 5.11 Å². The first-order valence-corrected chi connectivity index (χ1v) is 5.18. The van der Waals surface area contributed by atoms with E-state index < -0.39 is 0 Å². The Kier molecular flexibility index (Phi) is 7.23. The number of aliphatic hydroxyl groups is 2. The molecule has 0 aromatic carbocycles. The second-order valence-electron chi connectivity index (χ2n) is 3.54. The van der Waals surface area contributed by atoms with Gasteiger partial charge in [0.2, 0.25) is 0 Å². The third-order valence-electron chi connectivity index (χ3n) is 2.34. The van der Waals surface area contributed by atoms with Gasteiger partial charge in [-0.25, -0.2) is 0 Å². The molecule has 3 heteroatoms. The van der Waals surface area contributed by atoms with E-state index in [0.717, 1.165) is 12.8 Å². The van der Waals surface area contributed by atoms with E-state index in [1.54, 1.807) is 6.92 Å². The summed E-state index contributed by atoms with van der Waals surface area (Å²) in [5, 5.41) is 18.1. The van der Waals surface area contributed by atoms with E-state index in [1.807, 2.05) is 0 Å². The van der Waals surface area contributed by atoms with Crippen molar-refractivity contribution in [1.82, 2.24) is 4.90 Å². The lowest BCUT2D eigenvalue weighted by Crippen LogP contribution is -2.41. The second-order valence-corrected chi connectivity index (χ2v) is 3.54. The summed E-state index contributed by atoms with van der Waals surface area (Å²) in [5.74, 6) is 0. The van der Waals surface area contributed by atoms with Gasteiger partial charge >= 0.3 is 0 Å². The van der Waals surface area contributed by atoms with E-state index in [4.69, 9.17) is 5.11 Å². The van der Waals surface area contributed by atoms with Gasteiger partial charge in [0.1, 0.15) is 0 Å². The summed E-state index contributed by atoms with van der Waals surface area (Å²) >= 11 is 0. The Labute approximate surface area is 81.4 Å². The summed E-state index contributed by atoms with van der Waals surface area (Å²) in [6.07, 6.45) is 1.83. The first kappa shape index (κ1) is 12.9. The highest BCUT2D eigenvalue weighted by molar-refractivity contribution is 4.70. The Hall–Kier alpha value is -0.120. The Morgan fingerprint density at radius 1 is 1.23 bits per heavy atom. The second kappa shape index (κ2) is 7.30. The average molecular weight is 189 g/mol. The minimum Gasteiger partial charge on any atom is -0.395 e. The molecule has 0 unspecified atom stereocenters. The van der Waals surface area contributed by atoms with Crippen molar-refractivity contribution < 1.29 is 10.2 Å². The molecule has 0 saturated carbocycles. The summed E-state index contributed by atoms with van der Waals surface area (Å²) in [7, 11) is 0. The average Bonchev–Trinajstić information content (AvgIpc) is 2.05. The van der Waals surface area contributed by atoms with Crippen LogP contribution in [0.2, 0.25) is 0 Å². The topological polar surface area (TPSA) is 43.7 Å². The van der Waals surface area contributed by atoms with Crippen molar-refractivity contribution in [2.45, 2.75) is 45.8 Å². The van der Waals surface area contributed by atoms with Gasteiger partial charge in [0.05, 0.1) is 12.7 Å². The minimum atomic E-state index is -0.313. The van der Waals surface area contributed by atoms with Gasteiger partial charge in [-0.3, -0.25) is 4.90 Å². The van der Waals surface area contributed by atoms with Crippen LogP contribution in [0.15, 0.2) is 0 Å². The van der Waals surface area contributed by atoms with Crippen LogP contribution in [0.4, 0.5) is 0 Å². The highest BCUT2D eigenvalue weighted by Crippen LogP contribution is 2.08. The molecule has 3 nitrogen and oxygen atoms in total. The fraction of sp³-hybridized carbons (Fsp3) is 1.00. The van der Waals surface area contributed by atoms with Crippen LogP contribution in [0.25, 0.3) is 0 Å². The normalized spacial score (nSPS) is 14.1. The molecular weight excluding hydrogens is 166 g/mol. The van der Waals surface area contributed by atoms with Crippen LogP contribution in [0.5, 0.6) is 0 Å². The predicted octanol–water partition coefficient (Wildman–Crippen LogP) is 0.850. The number of hydrogen-bond donors (Lipinski definition) is 2. The van der Waals surface area contributed by atoms with E-state index in [-0.39, 0.29) is 12.7 Å². The molecule has 0 radical (unpaired) electrons. The maximum atomic E-state index is 9.27. The number of aliphatic hydroxyl groups excluding tert-OH is 2. The van der Waals surface area contributed by atoms with Crippen LogP contribution in [-0.2, 0) is 0 Å². The molecule has 1 atom stereocenters. The van der Waals surface area contributed by atoms with Crippen molar-refractivity contribution in [1.29, 1.82) is 0 Å². The molecule has 0 bridgehead atoms. The zero-order chi connectivity index (χ0) is 10.3. The van der Waals surface area contributed by atoms with E-state index >= 15 is 0 Å². The number of rotatable bonds is 7. The van der Waals surface area contributed by atoms with Crippen LogP contribution in [0.3, 0.4) is 0 Å². The molecule has 0 aliphatic heterocycles. The maximum absolute atomic E-state index is 9.27. The monoisotopic (exact) mass is 189 g/mol. The van der Waals surface area contributed by atoms with Gasteiger partial charge in [-0.2, -0.15) is 0 Å². The van der Waals surface area contributed by atoms with E-state index in [0.29, 0.717) is 19.1 Å². The zero-order valence-electron chi connectivity index (χ0n) is 9.03. The van der Waals surface area contributed by atoms with Crippen LogP contribution in [0.1, 0.15) is 33.6 Å². The van der Waals surface area contributed by atoms with Gasteiger partial charge in [0.25, 0.3) is 0 Å². The zero-order valence-corrected chi connectivity index (χ0v) is 9.03. The molecule has 0 saturated heterocycles. The predicted molar refractivity (Wildman–Crippen MR) is 54.7 cm³/mol. The maximum Gasteiger partial charge on any atom is 0.0639 e. The molecule has 2 N–H and O–H groups in total. The Balaban J connectivity index is 4.03. The molecule has 0 spiro atoms. The van der Waals surface area contributed by atoms with Crippen molar-refractivity contribution in [3.63, 3.8) is 0 Å². The van der Waals surface area contributed by atoms with Crippen LogP contribution >= 0.6 is 0 Å². The SMILES string of the molecule is CCC(CC)N(CCO)C[C@H](C)O. The first-order chi connectivity index (χ1) is 6.15. The molecule has 0 aliphatic carbocycles. The summed E-state index contributed by atoms with van der Waals surface area (Å²) in [4.78, 5) is 2.16. The van der Waals surface area contributed by atoms with Gasteiger partial charge < -0.3 is 10.2 Å². The van der Waals surface area contributed by atoms with Gasteiger partial charge in [0, 0.05) is 19.1 Å². The smallest absolute Gasteiger partial charge is 0.0639 e. The standard InChI is InChI=1S/C10H23NO2/c1-4-10(5-2)11(6-7-12)8-9(3)13/h9-10,12-13H,4-8H2,1-3H3/t9-/m0/s1. The molecular formula is C10H23NO2. The molecule has 0 fully saturated rings. The van der Waals surface area contributed by atoms with Crippen LogP contribution in [0, 0.1) is 0 Å². The minimum absolute atomic E-state index is 0.170. The summed E-state index contributed by atoms with van der Waals surface area (Å²) in [6, 6.07) is 0.488. The van der Waals surface area contributed by atoms with E-state index in [1.165, 1.54) is 0 Å². The highest BCUT2D eigenvalue weighted by atomic mass is 16.3. The quantitative estimate of drug-likeness (QED) is 0.624. The molecule has 0 aliphatic rings. The van der Waals surface area contributed by atoms with E-state index in [2.05, 4.69) is 18.7 Å². The number of nitrogens with zero attached hydrogens (tertiary/aromatic N) is 1.